The summed E-state index contributed by atoms with van der Waals surface area (Å²) in [5.74, 6) is -0.247. The second-order valence-electron chi connectivity index (χ2n) is 6.23. The molecule has 0 radical (unpaired) electrons. The van der Waals surface area contributed by atoms with Gasteiger partial charge in [0.2, 0.25) is 10.0 Å². The largest absolute Gasteiger partial charge is 0.368 e. The fraction of sp³-hybridized carbons (Fsp3) is 0.294. The molecular weight excluding hydrogens is 343 g/mol. The number of nitrogens with one attached hydrogen (secondary N) is 4. The summed E-state index contributed by atoms with van der Waals surface area (Å²) < 4.78 is 38.1. The van der Waals surface area contributed by atoms with Crippen molar-refractivity contribution in [3.63, 3.8) is 0 Å². The number of anilines is 2. The Morgan fingerprint density at radius 1 is 1.12 bits per heavy atom. The number of hydrazine groups is 1. The molecule has 0 spiro atoms. The lowest BCUT2D eigenvalue weighted by atomic mass is 10.0. The first-order valence-corrected chi connectivity index (χ1v) is 9.81. The topological polar surface area (TPSA) is 82.3 Å². The second-order valence-corrected chi connectivity index (χ2v) is 7.98. The van der Waals surface area contributed by atoms with Crippen LogP contribution in [0.25, 0.3) is 0 Å². The van der Waals surface area contributed by atoms with E-state index in [9.17, 15) is 12.8 Å². The van der Waals surface area contributed by atoms with E-state index >= 15 is 0 Å². The summed E-state index contributed by atoms with van der Waals surface area (Å²) in [4.78, 5) is 0. The van der Waals surface area contributed by atoms with Crippen molar-refractivity contribution in [1.29, 1.82) is 0 Å². The summed E-state index contributed by atoms with van der Waals surface area (Å²) in [6.45, 7) is 1.91. The van der Waals surface area contributed by atoms with E-state index in [1.807, 2.05) is 13.0 Å². The molecule has 1 aliphatic rings. The Morgan fingerprint density at radius 2 is 1.84 bits per heavy atom. The average molecular weight is 364 g/mol. The van der Waals surface area contributed by atoms with Crippen molar-refractivity contribution in [2.45, 2.75) is 25.6 Å². The predicted octanol–water partition coefficient (Wildman–Crippen LogP) is 2.48. The minimum absolute atomic E-state index is 0.00229. The fourth-order valence-electron chi connectivity index (χ4n) is 2.86. The average Bonchev–Trinajstić information content (AvgIpc) is 2.98. The number of hydrogen-bond donors (Lipinski definition) is 4. The highest BCUT2D eigenvalue weighted by Crippen LogP contribution is 2.26. The van der Waals surface area contributed by atoms with Crippen LogP contribution in [0.4, 0.5) is 15.8 Å². The summed E-state index contributed by atoms with van der Waals surface area (Å²) in [5.41, 5.74) is 9.78. The molecule has 1 fully saturated rings. The normalized spacial score (nSPS) is 20.4. The van der Waals surface area contributed by atoms with Gasteiger partial charge >= 0.3 is 0 Å². The number of halogens is 1. The summed E-state index contributed by atoms with van der Waals surface area (Å²) >= 11 is 0. The van der Waals surface area contributed by atoms with Crippen LogP contribution in [0, 0.1) is 12.7 Å². The van der Waals surface area contributed by atoms with E-state index in [0.29, 0.717) is 5.69 Å². The van der Waals surface area contributed by atoms with E-state index in [1.54, 1.807) is 24.3 Å². The van der Waals surface area contributed by atoms with Crippen molar-refractivity contribution < 1.29 is 12.8 Å². The van der Waals surface area contributed by atoms with Crippen molar-refractivity contribution in [2.75, 3.05) is 16.3 Å². The van der Waals surface area contributed by atoms with Crippen LogP contribution in [0.15, 0.2) is 42.5 Å². The van der Waals surface area contributed by atoms with Gasteiger partial charge in [-0.05, 0) is 48.4 Å². The van der Waals surface area contributed by atoms with Crippen molar-refractivity contribution in [3.05, 3.63) is 59.4 Å². The molecule has 3 rings (SSSR count). The molecule has 2 unspecified atom stereocenters. The SMILES string of the molecule is Cc1cc(NS(C)(=O)=O)ccc1NC1CC(c2ccc(F)cc2)NN1. The first-order chi connectivity index (χ1) is 11.8. The van der Waals surface area contributed by atoms with E-state index in [-0.39, 0.29) is 18.0 Å². The minimum atomic E-state index is -3.29. The van der Waals surface area contributed by atoms with Gasteiger partial charge < -0.3 is 5.32 Å². The van der Waals surface area contributed by atoms with Gasteiger partial charge in [-0.15, -0.1) is 0 Å². The van der Waals surface area contributed by atoms with E-state index in [4.69, 9.17) is 0 Å². The monoisotopic (exact) mass is 364 g/mol. The summed E-state index contributed by atoms with van der Waals surface area (Å²) in [6, 6.07) is 11.9. The van der Waals surface area contributed by atoms with Crippen LogP contribution in [0.3, 0.4) is 0 Å². The van der Waals surface area contributed by atoms with Crippen molar-refractivity contribution >= 4 is 21.4 Å². The molecule has 4 N–H and O–H groups in total. The van der Waals surface area contributed by atoms with Crippen molar-refractivity contribution in [3.8, 4) is 0 Å². The van der Waals surface area contributed by atoms with E-state index in [1.165, 1.54) is 12.1 Å². The molecule has 1 heterocycles. The smallest absolute Gasteiger partial charge is 0.229 e. The molecule has 2 atom stereocenters. The summed E-state index contributed by atoms with van der Waals surface area (Å²) in [5, 5.41) is 3.39. The molecule has 0 saturated carbocycles. The zero-order chi connectivity index (χ0) is 18.0. The number of rotatable bonds is 5. The molecule has 0 amide bonds. The molecule has 25 heavy (non-hydrogen) atoms. The molecule has 8 heteroatoms. The summed E-state index contributed by atoms with van der Waals surface area (Å²) in [7, 11) is -3.29. The lowest BCUT2D eigenvalue weighted by Gasteiger charge is -2.17. The first kappa shape index (κ1) is 17.7. The Kier molecular flexibility index (Phi) is 4.94. The van der Waals surface area contributed by atoms with Crippen LogP contribution in [-0.2, 0) is 10.0 Å². The van der Waals surface area contributed by atoms with Crippen LogP contribution in [0.2, 0.25) is 0 Å². The quantitative estimate of drug-likeness (QED) is 0.655. The van der Waals surface area contributed by atoms with Crippen LogP contribution in [0.1, 0.15) is 23.6 Å². The van der Waals surface area contributed by atoms with Gasteiger partial charge in [-0.3, -0.25) is 4.72 Å². The molecular formula is C17H21FN4O2S. The summed E-state index contributed by atoms with van der Waals surface area (Å²) in [6.07, 6.45) is 1.91. The van der Waals surface area contributed by atoms with Crippen LogP contribution in [0.5, 0.6) is 0 Å². The lowest BCUT2D eigenvalue weighted by molar-refractivity contribution is 0.562. The molecule has 2 aromatic carbocycles. The van der Waals surface area contributed by atoms with Crippen LogP contribution >= 0.6 is 0 Å². The van der Waals surface area contributed by atoms with Crippen molar-refractivity contribution in [1.82, 2.24) is 10.9 Å². The molecule has 1 aliphatic heterocycles. The molecule has 0 aromatic heterocycles. The zero-order valence-corrected chi connectivity index (χ0v) is 14.8. The maximum absolute atomic E-state index is 13.0. The van der Waals surface area contributed by atoms with Crippen LogP contribution in [-0.4, -0.2) is 20.8 Å². The standard InChI is InChI=1S/C17H21FN4O2S/c1-11-9-14(22-25(2,23)24)7-8-15(11)19-17-10-16(20-21-17)12-3-5-13(18)6-4-12/h3-9,16-17,19-22H,10H2,1-2H3. The molecule has 1 saturated heterocycles. The fourth-order valence-corrected chi connectivity index (χ4v) is 3.41. The van der Waals surface area contributed by atoms with Crippen molar-refractivity contribution in [2.24, 2.45) is 0 Å². The molecule has 134 valence electrons. The van der Waals surface area contributed by atoms with Gasteiger partial charge in [-0.2, -0.15) is 0 Å². The third-order valence-corrected chi connectivity index (χ3v) is 4.64. The van der Waals surface area contributed by atoms with Gasteiger partial charge in [0.15, 0.2) is 0 Å². The van der Waals surface area contributed by atoms with E-state index in [2.05, 4.69) is 20.9 Å². The lowest BCUT2D eigenvalue weighted by Crippen LogP contribution is -2.36. The third-order valence-electron chi connectivity index (χ3n) is 4.03. The highest BCUT2D eigenvalue weighted by atomic mass is 32.2. The minimum Gasteiger partial charge on any atom is -0.368 e. The maximum Gasteiger partial charge on any atom is 0.229 e. The number of hydrogen-bond acceptors (Lipinski definition) is 5. The first-order valence-electron chi connectivity index (χ1n) is 7.92. The predicted molar refractivity (Wildman–Crippen MR) is 97.1 cm³/mol. The van der Waals surface area contributed by atoms with E-state index in [0.717, 1.165) is 29.5 Å². The Labute approximate surface area is 146 Å². The maximum atomic E-state index is 13.0. The van der Waals surface area contributed by atoms with Gasteiger partial charge in [0.05, 0.1) is 12.4 Å². The van der Waals surface area contributed by atoms with Gasteiger partial charge in [0.1, 0.15) is 5.82 Å². The Bertz CT molecular complexity index is 855. The van der Waals surface area contributed by atoms with Gasteiger partial charge in [-0.25, -0.2) is 23.7 Å². The molecule has 2 aromatic rings. The Balaban J connectivity index is 1.64. The number of benzene rings is 2. The molecule has 0 aliphatic carbocycles. The molecule has 6 nitrogen and oxygen atoms in total. The van der Waals surface area contributed by atoms with Crippen LogP contribution < -0.4 is 20.9 Å². The highest BCUT2D eigenvalue weighted by molar-refractivity contribution is 7.92. The Hall–Kier alpha value is -2.16. The second kappa shape index (κ2) is 6.99. The zero-order valence-electron chi connectivity index (χ0n) is 14.0. The number of aryl methyl sites for hydroxylation is 1. The third kappa shape index (κ3) is 4.68. The van der Waals surface area contributed by atoms with Gasteiger partial charge in [0.25, 0.3) is 0 Å². The van der Waals surface area contributed by atoms with E-state index < -0.39 is 10.0 Å². The number of sulfonamides is 1. The molecule has 0 bridgehead atoms. The highest BCUT2D eigenvalue weighted by Gasteiger charge is 2.25. The van der Waals surface area contributed by atoms with Gasteiger partial charge in [-0.1, -0.05) is 12.1 Å². The van der Waals surface area contributed by atoms with Gasteiger partial charge in [0, 0.05) is 23.8 Å². The Morgan fingerprint density at radius 3 is 2.48 bits per heavy atom.